The largest absolute Gasteiger partial charge is 0.493 e. The van der Waals surface area contributed by atoms with E-state index in [1.54, 1.807) is 32.4 Å². The lowest BCUT2D eigenvalue weighted by Gasteiger charge is -2.08. The maximum absolute atomic E-state index is 12.0. The van der Waals surface area contributed by atoms with E-state index in [0.29, 0.717) is 35.0 Å². The average molecular weight is 459 g/mol. The van der Waals surface area contributed by atoms with Gasteiger partial charge in [0, 0.05) is 6.42 Å². The number of aliphatic carboxylic acids is 1. The second-order valence-electron chi connectivity index (χ2n) is 6.53. The van der Waals surface area contributed by atoms with Crippen LogP contribution < -0.4 is 18.9 Å². The molecule has 1 heterocycles. The molecule has 0 saturated carbocycles. The zero-order valence-electron chi connectivity index (χ0n) is 18.4. The standard InChI is InChI=1S/C14H14O3S.C10H12O4/c1-16-12-6-5-10(9-13(12)17-2)8-11(15)14-4-3-7-18-14;1-13-8-4-3-7(6-10(11)12)5-9(8)14-2/h3-7,9H,8H2,1-2H3;3-5H,6H2,1-2H3,(H,11,12). The topological polar surface area (TPSA) is 91.3 Å². The Morgan fingerprint density at radius 3 is 1.66 bits per heavy atom. The van der Waals surface area contributed by atoms with E-state index in [0.717, 1.165) is 10.4 Å². The van der Waals surface area contributed by atoms with Crippen molar-refractivity contribution in [1.29, 1.82) is 0 Å². The van der Waals surface area contributed by atoms with Crippen molar-refractivity contribution in [2.24, 2.45) is 0 Å². The lowest BCUT2D eigenvalue weighted by molar-refractivity contribution is -0.136. The highest BCUT2D eigenvalue weighted by Crippen LogP contribution is 2.29. The third kappa shape index (κ3) is 7.02. The third-order valence-electron chi connectivity index (χ3n) is 4.41. The van der Waals surface area contributed by atoms with Gasteiger partial charge in [-0.3, -0.25) is 9.59 Å². The van der Waals surface area contributed by atoms with Crippen LogP contribution in [0.5, 0.6) is 23.0 Å². The molecule has 3 aromatic rings. The van der Waals surface area contributed by atoms with Crippen molar-refractivity contribution in [2.75, 3.05) is 28.4 Å². The Morgan fingerprint density at radius 1 is 0.750 bits per heavy atom. The lowest BCUT2D eigenvalue weighted by atomic mass is 10.1. The Labute approximate surface area is 191 Å². The number of carbonyl (C=O) groups is 2. The summed E-state index contributed by atoms with van der Waals surface area (Å²) in [5, 5.41) is 10.5. The zero-order valence-corrected chi connectivity index (χ0v) is 19.2. The number of ether oxygens (including phenoxy) is 4. The number of carbonyl (C=O) groups excluding carboxylic acids is 1. The number of hydrogen-bond donors (Lipinski definition) is 1. The second kappa shape index (κ2) is 12.4. The molecule has 0 spiro atoms. The van der Waals surface area contributed by atoms with E-state index in [2.05, 4.69) is 0 Å². The average Bonchev–Trinajstić information content (AvgIpc) is 3.34. The Kier molecular flexibility index (Phi) is 9.56. The van der Waals surface area contributed by atoms with Gasteiger partial charge >= 0.3 is 5.97 Å². The molecular formula is C24H26O7S. The summed E-state index contributed by atoms with van der Waals surface area (Å²) in [5.41, 5.74) is 1.61. The van der Waals surface area contributed by atoms with Crippen LogP contribution in [0.2, 0.25) is 0 Å². The molecule has 32 heavy (non-hydrogen) atoms. The van der Waals surface area contributed by atoms with Gasteiger partial charge in [-0.05, 0) is 46.8 Å². The molecule has 0 saturated heterocycles. The summed E-state index contributed by atoms with van der Waals surface area (Å²) in [6, 6.07) is 14.3. The second-order valence-corrected chi connectivity index (χ2v) is 7.47. The fourth-order valence-electron chi connectivity index (χ4n) is 2.87. The van der Waals surface area contributed by atoms with Crippen molar-refractivity contribution >= 4 is 23.1 Å². The Hall–Kier alpha value is -3.52. The van der Waals surface area contributed by atoms with Gasteiger partial charge in [0.15, 0.2) is 28.8 Å². The Bertz CT molecular complexity index is 1030. The monoisotopic (exact) mass is 458 g/mol. The molecule has 0 aliphatic carbocycles. The number of carboxylic acid groups (broad SMARTS) is 1. The van der Waals surface area contributed by atoms with Crippen molar-refractivity contribution in [3.05, 3.63) is 69.9 Å². The number of Topliss-reactive ketones (excluding diaryl/α,β-unsaturated/α-hetero) is 1. The van der Waals surface area contributed by atoms with Gasteiger partial charge in [-0.1, -0.05) is 18.2 Å². The first-order chi connectivity index (χ1) is 15.4. The van der Waals surface area contributed by atoms with Gasteiger partial charge in [0.25, 0.3) is 0 Å². The van der Waals surface area contributed by atoms with Crippen LogP contribution in [0.15, 0.2) is 53.9 Å². The van der Waals surface area contributed by atoms with Crippen molar-refractivity contribution in [3.63, 3.8) is 0 Å². The number of hydrogen-bond acceptors (Lipinski definition) is 7. The highest BCUT2D eigenvalue weighted by atomic mass is 32.1. The van der Waals surface area contributed by atoms with Gasteiger partial charge in [0.2, 0.25) is 0 Å². The SMILES string of the molecule is COc1ccc(CC(=O)O)cc1OC.COc1ccc(CC(=O)c2cccs2)cc1OC. The molecule has 2 aromatic carbocycles. The molecule has 0 bridgehead atoms. The summed E-state index contributed by atoms with van der Waals surface area (Å²) in [6.07, 6.45) is 0.362. The fraction of sp³-hybridized carbons (Fsp3) is 0.250. The molecule has 0 aliphatic heterocycles. The number of benzene rings is 2. The highest BCUT2D eigenvalue weighted by molar-refractivity contribution is 7.12. The third-order valence-corrected chi connectivity index (χ3v) is 5.32. The predicted octanol–water partition coefficient (Wildman–Crippen LogP) is 4.52. The Morgan fingerprint density at radius 2 is 1.25 bits per heavy atom. The van der Waals surface area contributed by atoms with Crippen LogP contribution in [-0.4, -0.2) is 45.3 Å². The number of methoxy groups -OCH3 is 4. The van der Waals surface area contributed by atoms with E-state index in [9.17, 15) is 9.59 Å². The number of ketones is 1. The lowest BCUT2D eigenvalue weighted by Crippen LogP contribution is -2.01. The van der Waals surface area contributed by atoms with E-state index in [-0.39, 0.29) is 12.2 Å². The van der Waals surface area contributed by atoms with Gasteiger partial charge in [-0.25, -0.2) is 0 Å². The van der Waals surface area contributed by atoms with Crippen LogP contribution in [-0.2, 0) is 17.6 Å². The van der Waals surface area contributed by atoms with Gasteiger partial charge < -0.3 is 24.1 Å². The van der Waals surface area contributed by atoms with Gasteiger partial charge in [-0.2, -0.15) is 0 Å². The van der Waals surface area contributed by atoms with E-state index in [1.165, 1.54) is 25.6 Å². The molecule has 7 nitrogen and oxygen atoms in total. The predicted molar refractivity (Wildman–Crippen MR) is 123 cm³/mol. The van der Waals surface area contributed by atoms with Crippen LogP contribution in [0.25, 0.3) is 0 Å². The summed E-state index contributed by atoms with van der Waals surface area (Å²) in [4.78, 5) is 23.2. The van der Waals surface area contributed by atoms with Crippen LogP contribution in [0.4, 0.5) is 0 Å². The summed E-state index contributed by atoms with van der Waals surface area (Å²) in [6.45, 7) is 0. The zero-order chi connectivity index (χ0) is 23.5. The summed E-state index contributed by atoms with van der Waals surface area (Å²) in [7, 11) is 6.23. The molecule has 0 atom stereocenters. The van der Waals surface area contributed by atoms with Crippen LogP contribution in [0.1, 0.15) is 20.8 Å². The summed E-state index contributed by atoms with van der Waals surface area (Å²) >= 11 is 1.46. The molecule has 170 valence electrons. The molecule has 0 unspecified atom stereocenters. The van der Waals surface area contributed by atoms with Crippen LogP contribution in [0.3, 0.4) is 0 Å². The minimum absolute atomic E-state index is 0.0135. The van der Waals surface area contributed by atoms with E-state index in [1.807, 2.05) is 35.7 Å². The maximum atomic E-state index is 12.0. The Balaban J connectivity index is 0.000000235. The first kappa shape index (κ1) is 24.7. The number of carboxylic acids is 1. The van der Waals surface area contributed by atoms with Crippen molar-refractivity contribution in [3.8, 4) is 23.0 Å². The number of thiophene rings is 1. The maximum Gasteiger partial charge on any atom is 0.307 e. The smallest absolute Gasteiger partial charge is 0.307 e. The molecular weight excluding hydrogens is 432 g/mol. The number of rotatable bonds is 9. The van der Waals surface area contributed by atoms with Crippen molar-refractivity contribution in [1.82, 2.24) is 0 Å². The molecule has 0 aliphatic rings. The molecule has 0 fully saturated rings. The van der Waals surface area contributed by atoms with Gasteiger partial charge in [0.05, 0.1) is 39.7 Å². The summed E-state index contributed by atoms with van der Waals surface area (Å²) in [5.74, 6) is 1.72. The van der Waals surface area contributed by atoms with Gasteiger partial charge in [-0.15, -0.1) is 11.3 Å². The fourth-order valence-corrected chi connectivity index (χ4v) is 3.53. The first-order valence-corrected chi connectivity index (χ1v) is 10.5. The summed E-state index contributed by atoms with van der Waals surface area (Å²) < 4.78 is 20.4. The van der Waals surface area contributed by atoms with E-state index >= 15 is 0 Å². The van der Waals surface area contributed by atoms with Gasteiger partial charge in [0.1, 0.15) is 0 Å². The molecule has 8 heteroatoms. The molecule has 1 N–H and O–H groups in total. The van der Waals surface area contributed by atoms with Crippen LogP contribution >= 0.6 is 11.3 Å². The van der Waals surface area contributed by atoms with Crippen LogP contribution in [0, 0.1) is 0 Å². The normalized spacial score (nSPS) is 9.88. The first-order valence-electron chi connectivity index (χ1n) is 9.62. The molecule has 0 radical (unpaired) electrons. The van der Waals surface area contributed by atoms with Crippen molar-refractivity contribution in [2.45, 2.75) is 12.8 Å². The quantitative estimate of drug-likeness (QED) is 0.471. The minimum atomic E-state index is -0.864. The minimum Gasteiger partial charge on any atom is -0.493 e. The highest BCUT2D eigenvalue weighted by Gasteiger charge is 2.11. The van der Waals surface area contributed by atoms with Crippen molar-refractivity contribution < 1.29 is 33.6 Å². The van der Waals surface area contributed by atoms with E-state index < -0.39 is 5.97 Å². The molecule has 0 amide bonds. The molecule has 3 rings (SSSR count). The molecule has 1 aromatic heterocycles. The van der Waals surface area contributed by atoms with E-state index in [4.69, 9.17) is 24.1 Å².